The second-order valence-electron chi connectivity index (χ2n) is 4.65. The van der Waals surface area contributed by atoms with Crippen molar-refractivity contribution in [1.29, 1.82) is 0 Å². The van der Waals surface area contributed by atoms with Crippen molar-refractivity contribution < 1.29 is 0 Å². The molecule has 17 heavy (non-hydrogen) atoms. The van der Waals surface area contributed by atoms with E-state index in [2.05, 4.69) is 46.9 Å². The van der Waals surface area contributed by atoms with Crippen LogP contribution in [0.2, 0.25) is 0 Å². The van der Waals surface area contributed by atoms with Crippen molar-refractivity contribution in [3.63, 3.8) is 0 Å². The van der Waals surface area contributed by atoms with Gasteiger partial charge in [-0.3, -0.25) is 4.68 Å². The number of thioether (sulfide) groups is 1. The van der Waals surface area contributed by atoms with Crippen molar-refractivity contribution in [3.8, 4) is 0 Å². The van der Waals surface area contributed by atoms with Gasteiger partial charge in [0.2, 0.25) is 0 Å². The van der Waals surface area contributed by atoms with Gasteiger partial charge in [-0.15, -0.1) is 0 Å². The van der Waals surface area contributed by atoms with Crippen molar-refractivity contribution in [1.82, 2.24) is 15.1 Å². The van der Waals surface area contributed by atoms with Crippen molar-refractivity contribution >= 4 is 11.8 Å². The van der Waals surface area contributed by atoms with Crippen LogP contribution in [0.4, 0.5) is 0 Å². The quantitative estimate of drug-likeness (QED) is 0.875. The number of rotatable bonds is 5. The Kier molecular flexibility index (Phi) is 4.92. The molecule has 0 aliphatic carbocycles. The highest BCUT2D eigenvalue weighted by atomic mass is 32.2. The van der Waals surface area contributed by atoms with Gasteiger partial charge >= 0.3 is 0 Å². The van der Waals surface area contributed by atoms with E-state index in [-0.39, 0.29) is 0 Å². The fourth-order valence-electron chi connectivity index (χ4n) is 2.56. The minimum Gasteiger partial charge on any atom is -0.311 e. The molecule has 1 aliphatic rings. The Hall–Kier alpha value is -0.480. The first-order chi connectivity index (χ1) is 8.36. The van der Waals surface area contributed by atoms with Crippen LogP contribution in [0.25, 0.3) is 0 Å². The molecule has 0 aromatic carbocycles. The van der Waals surface area contributed by atoms with Crippen molar-refractivity contribution in [3.05, 3.63) is 18.0 Å². The molecular weight excluding hydrogens is 230 g/mol. The third-order valence-electron chi connectivity index (χ3n) is 3.40. The lowest BCUT2D eigenvalue weighted by molar-refractivity contribution is 0.463. The molecule has 2 atom stereocenters. The van der Waals surface area contributed by atoms with E-state index in [9.17, 15) is 0 Å². The molecule has 1 aliphatic heterocycles. The second-order valence-corrected chi connectivity index (χ2v) is 6.00. The van der Waals surface area contributed by atoms with E-state index in [1.54, 1.807) is 0 Å². The van der Waals surface area contributed by atoms with Gasteiger partial charge in [-0.1, -0.05) is 13.3 Å². The predicted octanol–water partition coefficient (Wildman–Crippen LogP) is 2.84. The predicted molar refractivity (Wildman–Crippen MR) is 74.4 cm³/mol. The minimum absolute atomic E-state index is 0.453. The molecule has 4 heteroatoms. The molecule has 0 saturated carbocycles. The Morgan fingerprint density at radius 1 is 1.59 bits per heavy atom. The summed E-state index contributed by atoms with van der Waals surface area (Å²) in [7, 11) is 2.07. The number of nitrogens with one attached hydrogen (secondary N) is 1. The maximum atomic E-state index is 4.44. The van der Waals surface area contributed by atoms with Gasteiger partial charge in [0, 0.05) is 18.0 Å². The molecule has 0 radical (unpaired) electrons. The first kappa shape index (κ1) is 13.0. The van der Waals surface area contributed by atoms with E-state index in [4.69, 9.17) is 0 Å². The summed E-state index contributed by atoms with van der Waals surface area (Å²) in [5, 5.41) is 8.64. The van der Waals surface area contributed by atoms with Crippen LogP contribution in [0, 0.1) is 0 Å². The van der Waals surface area contributed by atoms with Gasteiger partial charge in [-0.2, -0.15) is 16.9 Å². The van der Waals surface area contributed by atoms with Gasteiger partial charge < -0.3 is 5.32 Å². The number of aromatic nitrogens is 2. The molecule has 1 fully saturated rings. The summed E-state index contributed by atoms with van der Waals surface area (Å²) in [6, 6.07) is 2.63. The summed E-state index contributed by atoms with van der Waals surface area (Å²) >= 11 is 2.12. The highest BCUT2D eigenvalue weighted by Gasteiger charge is 2.26. The van der Waals surface area contributed by atoms with Gasteiger partial charge in [0.1, 0.15) is 0 Å². The number of hydrogen-bond donors (Lipinski definition) is 1. The van der Waals surface area contributed by atoms with Gasteiger partial charge in [-0.25, -0.2) is 0 Å². The lowest BCUT2D eigenvalue weighted by atomic mass is 10.0. The van der Waals surface area contributed by atoms with Crippen LogP contribution in [0.3, 0.4) is 0 Å². The maximum Gasteiger partial charge on any atom is 0.0610 e. The molecular formula is C13H23N3S. The molecule has 2 rings (SSSR count). The topological polar surface area (TPSA) is 29.9 Å². The van der Waals surface area contributed by atoms with E-state index in [1.807, 2.05) is 6.20 Å². The van der Waals surface area contributed by atoms with E-state index in [1.165, 1.54) is 30.7 Å². The monoisotopic (exact) mass is 253 g/mol. The number of hydrogen-bond acceptors (Lipinski definition) is 3. The summed E-state index contributed by atoms with van der Waals surface area (Å²) in [4.78, 5) is 0. The molecule has 0 bridgehead atoms. The van der Waals surface area contributed by atoms with E-state index in [0.717, 1.165) is 13.0 Å². The average molecular weight is 253 g/mol. The Bertz CT molecular complexity index is 331. The zero-order valence-corrected chi connectivity index (χ0v) is 11.7. The summed E-state index contributed by atoms with van der Waals surface area (Å²) < 4.78 is 2.16. The summed E-state index contributed by atoms with van der Waals surface area (Å²) in [6.45, 7) is 3.23. The van der Waals surface area contributed by atoms with E-state index >= 15 is 0 Å². The molecule has 2 unspecified atom stereocenters. The first-order valence-electron chi connectivity index (χ1n) is 6.67. The zero-order chi connectivity index (χ0) is 12.1. The molecule has 3 nitrogen and oxygen atoms in total. The highest BCUT2D eigenvalue weighted by Crippen LogP contribution is 2.34. The maximum absolute atomic E-state index is 4.44. The second kappa shape index (κ2) is 6.45. The third-order valence-corrected chi connectivity index (χ3v) is 4.86. The smallest absolute Gasteiger partial charge is 0.0610 e. The SMILES string of the molecule is CCCn1nccc1C(NC)C1CCCCS1. The standard InChI is InChI=1S/C13H23N3S/c1-3-9-16-11(7-8-15-16)13(14-2)12-6-4-5-10-17-12/h7-8,12-14H,3-6,9-10H2,1-2H3. The average Bonchev–Trinajstić information content (AvgIpc) is 2.81. The van der Waals surface area contributed by atoms with Crippen LogP contribution in [0.15, 0.2) is 12.3 Å². The van der Waals surface area contributed by atoms with Crippen LogP contribution < -0.4 is 5.32 Å². The summed E-state index contributed by atoms with van der Waals surface area (Å²) in [5.41, 5.74) is 1.36. The van der Waals surface area contributed by atoms with Crippen LogP contribution in [0.1, 0.15) is 44.3 Å². The molecule has 1 aromatic heterocycles. The lowest BCUT2D eigenvalue weighted by Gasteiger charge is -2.30. The Morgan fingerprint density at radius 3 is 3.12 bits per heavy atom. The minimum atomic E-state index is 0.453. The zero-order valence-electron chi connectivity index (χ0n) is 10.9. The van der Waals surface area contributed by atoms with Crippen molar-refractivity contribution in [2.75, 3.05) is 12.8 Å². The lowest BCUT2D eigenvalue weighted by Crippen LogP contribution is -2.31. The fraction of sp³-hybridized carbons (Fsp3) is 0.769. The van der Waals surface area contributed by atoms with Crippen molar-refractivity contribution in [2.24, 2.45) is 0 Å². The molecule has 96 valence electrons. The first-order valence-corrected chi connectivity index (χ1v) is 7.72. The Labute approximate surface area is 108 Å². The van der Waals surface area contributed by atoms with Crippen molar-refractivity contribution in [2.45, 2.75) is 50.4 Å². The molecule has 1 aromatic rings. The molecule has 2 heterocycles. The molecule has 1 N–H and O–H groups in total. The van der Waals surface area contributed by atoms with Gasteiger partial charge in [0.15, 0.2) is 0 Å². The fourth-order valence-corrected chi connectivity index (χ4v) is 4.03. The van der Waals surface area contributed by atoms with Gasteiger partial charge in [-0.05, 0) is 38.1 Å². The van der Waals surface area contributed by atoms with Gasteiger partial charge in [0.05, 0.1) is 11.7 Å². The summed E-state index contributed by atoms with van der Waals surface area (Å²) in [6.07, 6.45) is 7.16. The van der Waals surface area contributed by atoms with E-state index < -0.39 is 0 Å². The molecule has 0 spiro atoms. The number of nitrogens with zero attached hydrogens (tertiary/aromatic N) is 2. The van der Waals surface area contributed by atoms with Crippen LogP contribution in [-0.4, -0.2) is 27.8 Å². The highest BCUT2D eigenvalue weighted by molar-refractivity contribution is 8.00. The van der Waals surface area contributed by atoms with Gasteiger partial charge in [0.25, 0.3) is 0 Å². The summed E-state index contributed by atoms with van der Waals surface area (Å²) in [5.74, 6) is 1.31. The van der Waals surface area contributed by atoms with Crippen LogP contribution in [0.5, 0.6) is 0 Å². The van der Waals surface area contributed by atoms with Crippen LogP contribution in [-0.2, 0) is 6.54 Å². The van der Waals surface area contributed by atoms with E-state index in [0.29, 0.717) is 11.3 Å². The largest absolute Gasteiger partial charge is 0.311 e. The Balaban J connectivity index is 2.12. The molecule has 1 saturated heterocycles. The third kappa shape index (κ3) is 3.05. The number of aryl methyl sites for hydroxylation is 1. The normalized spacial score (nSPS) is 22.6. The Morgan fingerprint density at radius 2 is 2.47 bits per heavy atom. The van der Waals surface area contributed by atoms with Crippen LogP contribution >= 0.6 is 11.8 Å². The molecule has 0 amide bonds.